The second kappa shape index (κ2) is 9.20. The maximum atomic E-state index is 13.4. The predicted octanol–water partition coefficient (Wildman–Crippen LogP) is 4.70. The van der Waals surface area contributed by atoms with Crippen molar-refractivity contribution in [2.45, 2.75) is 20.4 Å². The second-order valence-electron chi connectivity index (χ2n) is 7.42. The number of fused-ring (bicyclic) bond motifs is 1. The molecule has 2 aromatic heterocycles. The fourth-order valence-electron chi connectivity index (χ4n) is 3.78. The van der Waals surface area contributed by atoms with E-state index in [1.54, 1.807) is 18.2 Å². The number of pyridine rings is 1. The lowest BCUT2D eigenvalue weighted by Gasteiger charge is -2.15. The van der Waals surface area contributed by atoms with E-state index >= 15 is 0 Å². The number of carbonyl (C=O) groups excluding carboxylic acids is 1. The average molecular weight is 447 g/mol. The van der Waals surface area contributed by atoms with E-state index in [1.165, 1.54) is 21.3 Å². The van der Waals surface area contributed by atoms with Gasteiger partial charge in [-0.1, -0.05) is 18.2 Å². The number of hydrogen-bond donors (Lipinski definition) is 1. The van der Waals surface area contributed by atoms with Crippen molar-refractivity contribution in [1.82, 2.24) is 14.8 Å². The summed E-state index contributed by atoms with van der Waals surface area (Å²) in [6.45, 7) is 4.72. The van der Waals surface area contributed by atoms with Crippen LogP contribution in [0.1, 0.15) is 23.0 Å². The highest BCUT2D eigenvalue weighted by molar-refractivity contribution is 6.13. The Hall–Kier alpha value is -4.07. The van der Waals surface area contributed by atoms with E-state index in [1.807, 2.05) is 49.0 Å². The molecule has 4 aromatic rings. The van der Waals surface area contributed by atoms with E-state index in [4.69, 9.17) is 19.2 Å². The van der Waals surface area contributed by atoms with Crippen LogP contribution in [0.15, 0.2) is 48.7 Å². The first-order valence-electron chi connectivity index (χ1n) is 10.5. The number of nitrogens with one attached hydrogen (secondary N) is 1. The summed E-state index contributed by atoms with van der Waals surface area (Å²) in [7, 11) is 4.60. The number of benzene rings is 2. The third-order valence-electron chi connectivity index (χ3n) is 5.43. The third-order valence-corrected chi connectivity index (χ3v) is 5.43. The van der Waals surface area contributed by atoms with Gasteiger partial charge in [-0.05, 0) is 26.0 Å². The van der Waals surface area contributed by atoms with Crippen molar-refractivity contribution in [3.05, 3.63) is 59.9 Å². The van der Waals surface area contributed by atoms with Gasteiger partial charge in [-0.3, -0.25) is 9.48 Å². The molecule has 0 aliphatic heterocycles. The number of rotatable bonds is 7. The monoisotopic (exact) mass is 446 g/mol. The van der Waals surface area contributed by atoms with Gasteiger partial charge in [0, 0.05) is 41.5 Å². The first-order valence-corrected chi connectivity index (χ1v) is 10.5. The maximum absolute atomic E-state index is 13.4. The summed E-state index contributed by atoms with van der Waals surface area (Å²) < 4.78 is 18.0. The molecular formula is C25H26N4O4. The summed E-state index contributed by atoms with van der Waals surface area (Å²) in [5, 5.41) is 8.23. The van der Waals surface area contributed by atoms with Gasteiger partial charge >= 0.3 is 0 Å². The molecule has 0 aliphatic rings. The van der Waals surface area contributed by atoms with Gasteiger partial charge in [0.2, 0.25) is 5.75 Å². The molecule has 170 valence electrons. The fraction of sp³-hybridized carbons (Fsp3) is 0.240. The Bertz CT molecular complexity index is 1300. The van der Waals surface area contributed by atoms with Crippen molar-refractivity contribution in [3.63, 3.8) is 0 Å². The molecule has 33 heavy (non-hydrogen) atoms. The van der Waals surface area contributed by atoms with Crippen LogP contribution in [-0.2, 0) is 6.54 Å². The molecule has 4 rings (SSSR count). The molecule has 0 aliphatic carbocycles. The number of methoxy groups -OCH3 is 3. The lowest BCUT2D eigenvalue weighted by Crippen LogP contribution is -2.13. The van der Waals surface area contributed by atoms with Gasteiger partial charge in [-0.15, -0.1) is 0 Å². The molecule has 0 radical (unpaired) electrons. The molecule has 0 atom stereocenters. The zero-order chi connectivity index (χ0) is 23.5. The Morgan fingerprint density at radius 2 is 1.73 bits per heavy atom. The summed E-state index contributed by atoms with van der Waals surface area (Å²) in [5.41, 5.74) is 4.20. The molecule has 1 amide bonds. The molecule has 2 aromatic carbocycles. The Balaban J connectivity index is 1.79. The molecule has 2 heterocycles. The van der Waals surface area contributed by atoms with E-state index in [-0.39, 0.29) is 5.91 Å². The SMILES string of the molecule is CCn1cc(-c2cc(C(=O)Nc3cc(OC)c(OC)c(OC)c3)c3ccccc3n2)c(C)n1. The summed E-state index contributed by atoms with van der Waals surface area (Å²) >= 11 is 0. The number of nitrogens with zero attached hydrogens (tertiary/aromatic N) is 3. The first-order chi connectivity index (χ1) is 16.0. The molecule has 0 saturated heterocycles. The molecule has 1 N–H and O–H groups in total. The van der Waals surface area contributed by atoms with Crippen molar-refractivity contribution in [2.24, 2.45) is 0 Å². The number of carbonyl (C=O) groups is 1. The largest absolute Gasteiger partial charge is 0.493 e. The van der Waals surface area contributed by atoms with Gasteiger partial charge in [0.05, 0.1) is 43.8 Å². The van der Waals surface area contributed by atoms with Crippen LogP contribution in [0.4, 0.5) is 5.69 Å². The van der Waals surface area contributed by atoms with Crippen molar-refractivity contribution in [2.75, 3.05) is 26.6 Å². The van der Waals surface area contributed by atoms with E-state index < -0.39 is 0 Å². The van der Waals surface area contributed by atoms with Crippen LogP contribution in [0.2, 0.25) is 0 Å². The third kappa shape index (κ3) is 4.19. The Morgan fingerprint density at radius 3 is 2.33 bits per heavy atom. The summed E-state index contributed by atoms with van der Waals surface area (Å²) in [4.78, 5) is 18.2. The Kier molecular flexibility index (Phi) is 6.17. The topological polar surface area (TPSA) is 87.5 Å². The van der Waals surface area contributed by atoms with Crippen LogP contribution < -0.4 is 19.5 Å². The van der Waals surface area contributed by atoms with Crippen molar-refractivity contribution in [1.29, 1.82) is 0 Å². The average Bonchev–Trinajstić information content (AvgIpc) is 3.23. The highest BCUT2D eigenvalue weighted by atomic mass is 16.5. The molecule has 0 spiro atoms. The Labute approximate surface area is 192 Å². The lowest BCUT2D eigenvalue weighted by molar-refractivity contribution is 0.102. The number of amides is 1. The minimum Gasteiger partial charge on any atom is -0.493 e. The van der Waals surface area contributed by atoms with E-state index in [0.717, 1.165) is 28.7 Å². The summed E-state index contributed by atoms with van der Waals surface area (Å²) in [6.07, 6.45) is 1.95. The molecule has 8 heteroatoms. The first kappa shape index (κ1) is 22.1. The fourth-order valence-corrected chi connectivity index (χ4v) is 3.78. The van der Waals surface area contributed by atoms with Gasteiger partial charge in [0.25, 0.3) is 5.91 Å². The highest BCUT2D eigenvalue weighted by Gasteiger charge is 2.19. The lowest BCUT2D eigenvalue weighted by atomic mass is 10.0. The van der Waals surface area contributed by atoms with E-state index in [9.17, 15) is 4.79 Å². The molecular weight excluding hydrogens is 420 g/mol. The maximum Gasteiger partial charge on any atom is 0.256 e. The minimum atomic E-state index is -0.273. The Morgan fingerprint density at radius 1 is 1.03 bits per heavy atom. The second-order valence-corrected chi connectivity index (χ2v) is 7.42. The van der Waals surface area contributed by atoms with E-state index in [0.29, 0.717) is 34.2 Å². The minimum absolute atomic E-state index is 0.273. The zero-order valence-electron chi connectivity index (χ0n) is 19.3. The van der Waals surface area contributed by atoms with Gasteiger partial charge in [0.15, 0.2) is 11.5 Å². The van der Waals surface area contributed by atoms with Crippen molar-refractivity contribution >= 4 is 22.5 Å². The number of para-hydroxylation sites is 1. The number of aromatic nitrogens is 3. The summed E-state index contributed by atoms with van der Waals surface area (Å²) in [5.74, 6) is 1.09. The molecule has 0 unspecified atom stereocenters. The van der Waals surface area contributed by atoms with Crippen LogP contribution in [-0.4, -0.2) is 42.0 Å². The van der Waals surface area contributed by atoms with Crippen LogP contribution in [0.25, 0.3) is 22.2 Å². The smallest absolute Gasteiger partial charge is 0.256 e. The van der Waals surface area contributed by atoms with E-state index in [2.05, 4.69) is 10.4 Å². The zero-order valence-corrected chi connectivity index (χ0v) is 19.3. The standard InChI is InChI=1S/C25H26N4O4/c1-6-29-14-19(15(2)28-29)21-13-18(17-9-7-8-10-20(17)27-21)25(30)26-16-11-22(31-3)24(33-5)23(12-16)32-4/h7-14H,6H2,1-5H3,(H,26,30). The van der Waals surface area contributed by atoms with Crippen LogP contribution in [0, 0.1) is 6.92 Å². The number of anilines is 1. The highest BCUT2D eigenvalue weighted by Crippen LogP contribution is 2.40. The van der Waals surface area contributed by atoms with Crippen molar-refractivity contribution < 1.29 is 19.0 Å². The van der Waals surface area contributed by atoms with Crippen molar-refractivity contribution in [3.8, 4) is 28.5 Å². The molecule has 0 fully saturated rings. The number of hydrogen-bond acceptors (Lipinski definition) is 6. The normalized spacial score (nSPS) is 10.8. The van der Waals surface area contributed by atoms with Crippen LogP contribution >= 0.6 is 0 Å². The van der Waals surface area contributed by atoms with Crippen LogP contribution in [0.5, 0.6) is 17.2 Å². The van der Waals surface area contributed by atoms with Gasteiger partial charge in [0.1, 0.15) is 0 Å². The number of ether oxygens (including phenoxy) is 3. The van der Waals surface area contributed by atoms with Crippen LogP contribution in [0.3, 0.4) is 0 Å². The quantitative estimate of drug-likeness (QED) is 0.443. The van der Waals surface area contributed by atoms with Gasteiger partial charge < -0.3 is 19.5 Å². The number of aryl methyl sites for hydroxylation is 2. The predicted molar refractivity (Wildman–Crippen MR) is 127 cm³/mol. The summed E-state index contributed by atoms with van der Waals surface area (Å²) in [6, 6.07) is 12.8. The van der Waals surface area contributed by atoms with Gasteiger partial charge in [-0.2, -0.15) is 5.10 Å². The van der Waals surface area contributed by atoms with Gasteiger partial charge in [-0.25, -0.2) is 4.98 Å². The molecule has 8 nitrogen and oxygen atoms in total. The molecule has 0 bridgehead atoms. The molecule has 0 saturated carbocycles.